The molecule has 0 spiro atoms. The van der Waals surface area contributed by atoms with Crippen molar-refractivity contribution in [1.29, 1.82) is 0 Å². The Labute approximate surface area is 133 Å². The SMILES string of the molecule is Nc1ccc(Cl)c[n+]1/C=C/C(=O)c1cccc2ccccc12. The van der Waals surface area contributed by atoms with Crippen molar-refractivity contribution in [3.05, 3.63) is 77.5 Å². The van der Waals surface area contributed by atoms with Crippen LogP contribution in [0.2, 0.25) is 5.02 Å². The minimum absolute atomic E-state index is 0.0799. The Balaban J connectivity index is 1.97. The summed E-state index contributed by atoms with van der Waals surface area (Å²) in [5, 5.41) is 2.52. The second kappa shape index (κ2) is 6.00. The number of anilines is 1. The molecule has 108 valence electrons. The van der Waals surface area contributed by atoms with Gasteiger partial charge in [-0.15, -0.1) is 0 Å². The molecule has 22 heavy (non-hydrogen) atoms. The van der Waals surface area contributed by atoms with Crippen molar-refractivity contribution >= 4 is 40.2 Å². The Bertz CT molecular complexity index is 882. The molecular formula is C18H14ClN2O+. The van der Waals surface area contributed by atoms with E-state index >= 15 is 0 Å². The maximum atomic E-state index is 12.5. The van der Waals surface area contributed by atoms with Crippen molar-refractivity contribution in [3.8, 4) is 0 Å². The molecule has 0 bridgehead atoms. The predicted octanol–water partition coefficient (Wildman–Crippen LogP) is 3.72. The lowest BCUT2D eigenvalue weighted by atomic mass is 10.0. The minimum Gasteiger partial charge on any atom is -0.289 e. The average Bonchev–Trinajstić information content (AvgIpc) is 2.55. The van der Waals surface area contributed by atoms with Crippen LogP contribution in [0, 0.1) is 0 Å². The topological polar surface area (TPSA) is 47.0 Å². The fourth-order valence-electron chi connectivity index (χ4n) is 2.31. The molecule has 4 heteroatoms. The number of allylic oxidation sites excluding steroid dienone is 1. The third kappa shape index (κ3) is 2.85. The molecule has 3 nitrogen and oxygen atoms in total. The van der Waals surface area contributed by atoms with Crippen molar-refractivity contribution in [3.63, 3.8) is 0 Å². The van der Waals surface area contributed by atoms with E-state index in [9.17, 15) is 4.79 Å². The average molecular weight is 310 g/mol. The van der Waals surface area contributed by atoms with Gasteiger partial charge in [-0.2, -0.15) is 0 Å². The van der Waals surface area contributed by atoms with E-state index in [4.69, 9.17) is 17.3 Å². The molecule has 0 atom stereocenters. The number of carbonyl (C=O) groups excluding carboxylic acids is 1. The molecule has 1 aromatic heterocycles. The summed E-state index contributed by atoms with van der Waals surface area (Å²) in [4.78, 5) is 12.5. The first-order chi connectivity index (χ1) is 10.6. The number of halogens is 1. The second-order valence-electron chi connectivity index (χ2n) is 4.89. The second-order valence-corrected chi connectivity index (χ2v) is 5.32. The third-order valence-corrected chi connectivity index (χ3v) is 3.64. The van der Waals surface area contributed by atoms with Crippen LogP contribution in [0.5, 0.6) is 0 Å². The first-order valence-electron chi connectivity index (χ1n) is 6.81. The van der Waals surface area contributed by atoms with Crippen LogP contribution < -0.4 is 10.3 Å². The summed E-state index contributed by atoms with van der Waals surface area (Å²) < 4.78 is 1.62. The zero-order valence-electron chi connectivity index (χ0n) is 11.7. The van der Waals surface area contributed by atoms with Gasteiger partial charge in [-0.05, 0) is 16.8 Å². The summed E-state index contributed by atoms with van der Waals surface area (Å²) in [5.74, 6) is 0.426. The number of hydrogen-bond acceptors (Lipinski definition) is 2. The van der Waals surface area contributed by atoms with Crippen molar-refractivity contribution in [2.45, 2.75) is 0 Å². The van der Waals surface area contributed by atoms with Gasteiger partial charge >= 0.3 is 0 Å². The van der Waals surface area contributed by atoms with E-state index in [1.165, 1.54) is 6.08 Å². The number of pyridine rings is 1. The van der Waals surface area contributed by atoms with Crippen LogP contribution in [0.15, 0.2) is 66.9 Å². The highest BCUT2D eigenvalue weighted by Gasteiger charge is 2.08. The number of hydrogen-bond donors (Lipinski definition) is 1. The van der Waals surface area contributed by atoms with Gasteiger partial charge in [0.1, 0.15) is 6.20 Å². The predicted molar refractivity (Wildman–Crippen MR) is 89.7 cm³/mol. The summed E-state index contributed by atoms with van der Waals surface area (Å²) in [7, 11) is 0. The Morgan fingerprint density at radius 2 is 1.82 bits per heavy atom. The molecule has 0 saturated heterocycles. The lowest BCUT2D eigenvalue weighted by molar-refractivity contribution is -0.552. The molecule has 0 unspecified atom stereocenters. The summed E-state index contributed by atoms with van der Waals surface area (Å²) in [6.45, 7) is 0. The van der Waals surface area contributed by atoms with E-state index in [1.807, 2.05) is 42.5 Å². The molecule has 2 N–H and O–H groups in total. The van der Waals surface area contributed by atoms with Gasteiger partial charge in [-0.1, -0.05) is 54.1 Å². The van der Waals surface area contributed by atoms with Crippen molar-refractivity contribution in [1.82, 2.24) is 0 Å². The normalized spacial score (nSPS) is 11.1. The first kappa shape index (κ1) is 14.3. The van der Waals surface area contributed by atoms with Gasteiger partial charge in [0.2, 0.25) is 0 Å². The fourth-order valence-corrected chi connectivity index (χ4v) is 2.48. The largest absolute Gasteiger partial charge is 0.289 e. The number of aromatic nitrogens is 1. The van der Waals surface area contributed by atoms with Crippen molar-refractivity contribution in [2.75, 3.05) is 5.73 Å². The Hall–Kier alpha value is -2.65. The molecule has 1 heterocycles. The number of rotatable bonds is 3. The Morgan fingerprint density at radius 1 is 1.05 bits per heavy atom. The lowest BCUT2D eigenvalue weighted by Gasteiger charge is -2.02. The molecule has 3 aromatic rings. The van der Waals surface area contributed by atoms with E-state index < -0.39 is 0 Å². The van der Waals surface area contributed by atoms with Crippen LogP contribution >= 0.6 is 11.6 Å². The van der Waals surface area contributed by atoms with Gasteiger partial charge in [-0.3, -0.25) is 10.5 Å². The number of ketones is 1. The number of benzene rings is 2. The number of nitrogen functional groups attached to an aromatic ring is 1. The summed E-state index contributed by atoms with van der Waals surface area (Å²) in [5.41, 5.74) is 6.51. The molecule has 0 fully saturated rings. The van der Waals surface area contributed by atoms with Crippen LogP contribution in [0.3, 0.4) is 0 Å². The summed E-state index contributed by atoms with van der Waals surface area (Å²) >= 11 is 5.93. The number of nitrogens with zero attached hydrogens (tertiary/aromatic N) is 1. The van der Waals surface area contributed by atoms with E-state index in [0.29, 0.717) is 16.4 Å². The zero-order chi connectivity index (χ0) is 15.5. The summed E-state index contributed by atoms with van der Waals surface area (Å²) in [6.07, 6.45) is 4.77. The van der Waals surface area contributed by atoms with E-state index in [2.05, 4.69) is 0 Å². The van der Waals surface area contributed by atoms with Crippen LogP contribution in [0.25, 0.3) is 17.0 Å². The maximum Gasteiger partial charge on any atom is 0.277 e. The zero-order valence-corrected chi connectivity index (χ0v) is 12.5. The molecular weight excluding hydrogens is 296 g/mol. The van der Waals surface area contributed by atoms with Gasteiger partial charge in [0.25, 0.3) is 5.82 Å². The molecule has 2 aromatic carbocycles. The van der Waals surface area contributed by atoms with Crippen LogP contribution in [-0.4, -0.2) is 5.78 Å². The van der Waals surface area contributed by atoms with Crippen LogP contribution in [-0.2, 0) is 0 Å². The molecule has 0 radical (unpaired) electrons. The Morgan fingerprint density at radius 3 is 2.68 bits per heavy atom. The quantitative estimate of drug-likeness (QED) is 0.455. The van der Waals surface area contributed by atoms with Crippen molar-refractivity contribution in [2.24, 2.45) is 0 Å². The number of fused-ring (bicyclic) bond motifs is 1. The lowest BCUT2D eigenvalue weighted by Crippen LogP contribution is -2.30. The van der Waals surface area contributed by atoms with Gasteiger partial charge < -0.3 is 0 Å². The monoisotopic (exact) mass is 309 g/mol. The number of nitrogens with two attached hydrogens (primary N) is 1. The van der Waals surface area contributed by atoms with Crippen LogP contribution in [0.4, 0.5) is 5.82 Å². The van der Waals surface area contributed by atoms with Crippen LogP contribution in [0.1, 0.15) is 10.4 Å². The third-order valence-electron chi connectivity index (χ3n) is 3.42. The summed E-state index contributed by atoms with van der Waals surface area (Å²) in [6, 6.07) is 16.9. The van der Waals surface area contributed by atoms with Gasteiger partial charge in [-0.25, -0.2) is 4.57 Å². The first-order valence-corrected chi connectivity index (χ1v) is 7.19. The fraction of sp³-hybridized carbons (Fsp3) is 0. The highest BCUT2D eigenvalue weighted by atomic mass is 35.5. The standard InChI is InChI=1S/C18H13ClN2O/c19-14-8-9-18(20)21(12-14)11-10-17(22)16-7-3-5-13-4-1-2-6-15(13)16/h1-12,20H/p+1/b11-10+. The highest BCUT2D eigenvalue weighted by molar-refractivity contribution is 6.30. The molecule has 0 aliphatic heterocycles. The smallest absolute Gasteiger partial charge is 0.277 e. The maximum absolute atomic E-state index is 12.5. The van der Waals surface area contributed by atoms with E-state index in [-0.39, 0.29) is 5.78 Å². The van der Waals surface area contributed by atoms with Crippen molar-refractivity contribution < 1.29 is 9.36 Å². The minimum atomic E-state index is -0.0799. The van der Waals surface area contributed by atoms with Gasteiger partial charge in [0.05, 0.1) is 11.2 Å². The van der Waals surface area contributed by atoms with E-state index in [1.54, 1.807) is 29.1 Å². The molecule has 0 aliphatic carbocycles. The molecule has 0 amide bonds. The Kier molecular flexibility index (Phi) is 3.90. The number of carbonyl (C=O) groups is 1. The van der Waals surface area contributed by atoms with Gasteiger partial charge in [0, 0.05) is 17.7 Å². The highest BCUT2D eigenvalue weighted by Crippen LogP contribution is 2.19. The van der Waals surface area contributed by atoms with E-state index in [0.717, 1.165) is 10.8 Å². The van der Waals surface area contributed by atoms with Gasteiger partial charge in [0.15, 0.2) is 5.78 Å². The molecule has 3 rings (SSSR count). The molecule has 0 aliphatic rings. The molecule has 0 saturated carbocycles.